The summed E-state index contributed by atoms with van der Waals surface area (Å²) in [6.45, 7) is 3.79. The second kappa shape index (κ2) is 9.50. The van der Waals surface area contributed by atoms with Gasteiger partial charge in [0.25, 0.3) is 0 Å². The molecule has 3 aromatic rings. The Balaban J connectivity index is 1.69. The predicted molar refractivity (Wildman–Crippen MR) is 131 cm³/mol. The van der Waals surface area contributed by atoms with Crippen molar-refractivity contribution in [3.8, 4) is 11.8 Å². The smallest absolute Gasteiger partial charge is 0.141 e. The second-order valence-electron chi connectivity index (χ2n) is 9.03. The minimum Gasteiger partial charge on any atom is -0.495 e. The maximum absolute atomic E-state index is 9.71. The van der Waals surface area contributed by atoms with Crippen LogP contribution in [0.4, 0.5) is 0 Å². The van der Waals surface area contributed by atoms with Crippen LogP contribution in [0.1, 0.15) is 29.5 Å². The summed E-state index contributed by atoms with van der Waals surface area (Å²) >= 11 is 6.19. The van der Waals surface area contributed by atoms with Crippen molar-refractivity contribution in [1.29, 1.82) is 5.26 Å². The Morgan fingerprint density at radius 1 is 1.12 bits per heavy atom. The lowest BCUT2D eigenvalue weighted by Crippen LogP contribution is -2.47. The van der Waals surface area contributed by atoms with Crippen LogP contribution in [0.15, 0.2) is 54.6 Å². The van der Waals surface area contributed by atoms with Gasteiger partial charge in [-0.15, -0.1) is 0 Å². The van der Waals surface area contributed by atoms with Crippen molar-refractivity contribution in [2.24, 2.45) is 0 Å². The van der Waals surface area contributed by atoms with Gasteiger partial charge in [-0.3, -0.25) is 0 Å². The first kappa shape index (κ1) is 22.6. The van der Waals surface area contributed by atoms with E-state index < -0.39 is 0 Å². The van der Waals surface area contributed by atoms with E-state index in [-0.39, 0.29) is 5.41 Å². The summed E-state index contributed by atoms with van der Waals surface area (Å²) in [7, 11) is 6.02. The minimum atomic E-state index is 0.0712. The highest BCUT2D eigenvalue weighted by Crippen LogP contribution is 2.38. The molecule has 0 bridgehead atoms. The van der Waals surface area contributed by atoms with Gasteiger partial charge in [0.05, 0.1) is 12.7 Å². The molecular formula is C27H30ClN3O. The third-order valence-corrected chi connectivity index (χ3v) is 7.08. The maximum Gasteiger partial charge on any atom is 0.141 e. The standard InChI is InChI=1S/C27H30ClN3O/c1-30-14-12-27(13-15-30,22-8-10-23(28)11-9-22)19-31(2)18-25-24-7-5-4-6-20(24)16-21(17-29)26(25)32-3/h4-11,16H,12-15,18-19H2,1-3H3. The molecule has 1 saturated heterocycles. The molecule has 1 heterocycles. The van der Waals surface area contributed by atoms with Crippen LogP contribution in [-0.2, 0) is 12.0 Å². The lowest BCUT2D eigenvalue weighted by molar-refractivity contribution is 0.140. The van der Waals surface area contributed by atoms with E-state index in [1.54, 1.807) is 7.11 Å². The zero-order valence-electron chi connectivity index (χ0n) is 19.1. The van der Waals surface area contributed by atoms with E-state index in [0.29, 0.717) is 17.9 Å². The van der Waals surface area contributed by atoms with Gasteiger partial charge in [-0.2, -0.15) is 5.26 Å². The molecule has 1 aliphatic rings. The molecular weight excluding hydrogens is 418 g/mol. The Bertz CT molecular complexity index is 1130. The number of methoxy groups -OCH3 is 1. The normalized spacial score (nSPS) is 16.2. The SMILES string of the molecule is COc1c(C#N)cc2ccccc2c1CN(C)CC1(c2ccc(Cl)cc2)CCN(C)CC1. The fourth-order valence-corrected chi connectivity index (χ4v) is 5.23. The summed E-state index contributed by atoms with van der Waals surface area (Å²) in [4.78, 5) is 4.78. The molecule has 0 amide bonds. The van der Waals surface area contributed by atoms with E-state index in [2.05, 4.69) is 54.2 Å². The molecule has 0 atom stereocenters. The summed E-state index contributed by atoms with van der Waals surface area (Å²) in [5.41, 5.74) is 3.08. The number of ether oxygens (including phenoxy) is 1. The molecule has 32 heavy (non-hydrogen) atoms. The molecule has 1 fully saturated rings. The summed E-state index contributed by atoms with van der Waals surface area (Å²) in [6, 6.07) is 20.9. The molecule has 3 aromatic carbocycles. The number of fused-ring (bicyclic) bond motifs is 1. The van der Waals surface area contributed by atoms with Crippen molar-refractivity contribution in [1.82, 2.24) is 9.80 Å². The Morgan fingerprint density at radius 3 is 2.47 bits per heavy atom. The summed E-state index contributed by atoms with van der Waals surface area (Å²) in [5.74, 6) is 0.682. The molecule has 0 saturated carbocycles. The lowest BCUT2D eigenvalue weighted by Gasteiger charge is -2.43. The summed E-state index contributed by atoms with van der Waals surface area (Å²) < 4.78 is 5.73. The number of benzene rings is 3. The van der Waals surface area contributed by atoms with E-state index in [1.807, 2.05) is 30.3 Å². The van der Waals surface area contributed by atoms with E-state index in [0.717, 1.165) is 53.8 Å². The molecule has 1 aliphatic heterocycles. The third-order valence-electron chi connectivity index (χ3n) is 6.83. The van der Waals surface area contributed by atoms with Crippen molar-refractivity contribution >= 4 is 22.4 Å². The first-order chi connectivity index (χ1) is 15.5. The van der Waals surface area contributed by atoms with Gasteiger partial charge >= 0.3 is 0 Å². The average molecular weight is 448 g/mol. The van der Waals surface area contributed by atoms with Crippen molar-refractivity contribution < 1.29 is 4.74 Å². The predicted octanol–water partition coefficient (Wildman–Crippen LogP) is 5.47. The fraction of sp³-hybridized carbons (Fsp3) is 0.370. The van der Waals surface area contributed by atoms with E-state index in [4.69, 9.17) is 16.3 Å². The molecule has 0 unspecified atom stereocenters. The van der Waals surface area contributed by atoms with Gasteiger partial charge in [0, 0.05) is 29.1 Å². The van der Waals surface area contributed by atoms with Crippen LogP contribution in [0.5, 0.6) is 5.75 Å². The fourth-order valence-electron chi connectivity index (χ4n) is 5.11. The van der Waals surface area contributed by atoms with Gasteiger partial charge in [0.1, 0.15) is 11.8 Å². The number of halogens is 1. The second-order valence-corrected chi connectivity index (χ2v) is 9.47. The first-order valence-corrected chi connectivity index (χ1v) is 11.5. The molecule has 0 spiro atoms. The number of piperidine rings is 1. The van der Waals surface area contributed by atoms with Crippen LogP contribution in [0.3, 0.4) is 0 Å². The highest BCUT2D eigenvalue weighted by Gasteiger charge is 2.36. The maximum atomic E-state index is 9.71. The number of hydrogen-bond donors (Lipinski definition) is 0. The number of likely N-dealkylation sites (N-methyl/N-ethyl adjacent to an activating group) is 1. The number of likely N-dealkylation sites (tertiary alicyclic amines) is 1. The highest BCUT2D eigenvalue weighted by atomic mass is 35.5. The van der Waals surface area contributed by atoms with Crippen LogP contribution in [0, 0.1) is 11.3 Å². The Hall–Kier alpha value is -2.58. The van der Waals surface area contributed by atoms with Gasteiger partial charge in [-0.1, -0.05) is 48.0 Å². The molecule has 166 valence electrons. The number of nitriles is 1. The quantitative estimate of drug-likeness (QED) is 0.502. The molecule has 4 nitrogen and oxygen atoms in total. The number of hydrogen-bond acceptors (Lipinski definition) is 4. The van der Waals surface area contributed by atoms with Gasteiger partial charge < -0.3 is 14.5 Å². The monoisotopic (exact) mass is 447 g/mol. The van der Waals surface area contributed by atoms with Crippen LogP contribution in [-0.4, -0.2) is 50.6 Å². The van der Waals surface area contributed by atoms with E-state index >= 15 is 0 Å². The summed E-state index contributed by atoms with van der Waals surface area (Å²) in [5, 5.41) is 12.7. The average Bonchev–Trinajstić information content (AvgIpc) is 2.80. The van der Waals surface area contributed by atoms with Crippen molar-refractivity contribution in [2.75, 3.05) is 40.8 Å². The summed E-state index contributed by atoms with van der Waals surface area (Å²) in [6.07, 6.45) is 2.21. The van der Waals surface area contributed by atoms with Gasteiger partial charge in [0.15, 0.2) is 0 Å². The Morgan fingerprint density at radius 2 is 1.81 bits per heavy atom. The van der Waals surface area contributed by atoms with E-state index in [9.17, 15) is 5.26 Å². The molecule has 0 N–H and O–H groups in total. The molecule has 5 heteroatoms. The van der Waals surface area contributed by atoms with Gasteiger partial charge in [0.2, 0.25) is 0 Å². The van der Waals surface area contributed by atoms with Crippen molar-refractivity contribution in [3.63, 3.8) is 0 Å². The molecule has 0 aliphatic carbocycles. The zero-order chi connectivity index (χ0) is 22.7. The highest BCUT2D eigenvalue weighted by molar-refractivity contribution is 6.30. The van der Waals surface area contributed by atoms with Crippen LogP contribution >= 0.6 is 11.6 Å². The molecule has 4 rings (SSSR count). The largest absolute Gasteiger partial charge is 0.495 e. The van der Waals surface area contributed by atoms with Crippen LogP contribution in [0.25, 0.3) is 10.8 Å². The third kappa shape index (κ3) is 4.47. The Labute approximate surface area is 196 Å². The Kier molecular flexibility index (Phi) is 6.71. The van der Waals surface area contributed by atoms with Crippen LogP contribution in [0.2, 0.25) is 5.02 Å². The van der Waals surface area contributed by atoms with Crippen molar-refractivity contribution in [2.45, 2.75) is 24.8 Å². The lowest BCUT2D eigenvalue weighted by atomic mass is 9.72. The van der Waals surface area contributed by atoms with E-state index in [1.165, 1.54) is 5.56 Å². The van der Waals surface area contributed by atoms with Crippen LogP contribution < -0.4 is 4.74 Å². The molecule has 0 aromatic heterocycles. The zero-order valence-corrected chi connectivity index (χ0v) is 19.8. The number of nitrogens with zero attached hydrogens (tertiary/aromatic N) is 3. The van der Waals surface area contributed by atoms with Gasteiger partial charge in [-0.05, 0) is 74.6 Å². The first-order valence-electron chi connectivity index (χ1n) is 11.1. The van der Waals surface area contributed by atoms with Crippen molar-refractivity contribution in [3.05, 3.63) is 76.3 Å². The molecule has 0 radical (unpaired) electrons. The minimum absolute atomic E-state index is 0.0712. The number of rotatable bonds is 6. The van der Waals surface area contributed by atoms with Gasteiger partial charge in [-0.25, -0.2) is 0 Å². The topological polar surface area (TPSA) is 39.5 Å².